The molecular weight excluding hydrogens is 338 g/mol. The van der Waals surface area contributed by atoms with Crippen LogP contribution in [0.15, 0.2) is 29.6 Å². The van der Waals surface area contributed by atoms with Crippen LogP contribution in [0.3, 0.4) is 0 Å². The summed E-state index contributed by atoms with van der Waals surface area (Å²) in [6.07, 6.45) is 1.06. The van der Waals surface area contributed by atoms with Gasteiger partial charge in [0.1, 0.15) is 5.75 Å². The molecule has 2 heterocycles. The minimum atomic E-state index is -0.137. The molecule has 1 unspecified atom stereocenters. The molecule has 1 fully saturated rings. The van der Waals surface area contributed by atoms with Crippen molar-refractivity contribution in [1.29, 1.82) is 0 Å². The maximum absolute atomic E-state index is 11.4. The van der Waals surface area contributed by atoms with Crippen LogP contribution in [0.5, 0.6) is 5.75 Å². The molecule has 136 valence electrons. The van der Waals surface area contributed by atoms with E-state index in [1.54, 1.807) is 0 Å². The Balaban J connectivity index is 0.00000109. The summed E-state index contributed by atoms with van der Waals surface area (Å²) in [5.74, 6) is 1.16. The van der Waals surface area contributed by atoms with E-state index in [1.807, 2.05) is 43.5 Å². The van der Waals surface area contributed by atoms with E-state index < -0.39 is 0 Å². The maximum Gasteiger partial charge on any atom is 0.281 e. The molecule has 1 aromatic carbocycles. The van der Waals surface area contributed by atoms with Crippen molar-refractivity contribution in [2.75, 3.05) is 31.7 Å². The molecule has 7 heteroatoms. The van der Waals surface area contributed by atoms with Gasteiger partial charge in [0.05, 0.1) is 18.9 Å². The van der Waals surface area contributed by atoms with Crippen LogP contribution in [0, 0.1) is 5.92 Å². The number of anilines is 1. The smallest absolute Gasteiger partial charge is 0.281 e. The van der Waals surface area contributed by atoms with Crippen molar-refractivity contribution in [3.8, 4) is 17.0 Å². The zero-order valence-electron chi connectivity index (χ0n) is 14.8. The number of benzene rings is 1. The Morgan fingerprint density at radius 2 is 2.32 bits per heavy atom. The Morgan fingerprint density at radius 1 is 1.48 bits per heavy atom. The van der Waals surface area contributed by atoms with Gasteiger partial charge in [-0.05, 0) is 18.6 Å². The van der Waals surface area contributed by atoms with Crippen LogP contribution in [0.1, 0.15) is 20.3 Å². The second-order valence-corrected chi connectivity index (χ2v) is 6.26. The van der Waals surface area contributed by atoms with E-state index in [1.165, 1.54) is 11.3 Å². The molecule has 0 aliphatic carbocycles. The highest BCUT2D eigenvalue weighted by Gasteiger charge is 2.16. The van der Waals surface area contributed by atoms with Crippen molar-refractivity contribution in [2.24, 2.45) is 5.92 Å². The number of nitrogens with zero attached hydrogens (tertiary/aromatic N) is 1. The van der Waals surface area contributed by atoms with Crippen LogP contribution in [0.25, 0.3) is 11.3 Å². The van der Waals surface area contributed by atoms with Crippen molar-refractivity contribution in [1.82, 2.24) is 4.98 Å². The van der Waals surface area contributed by atoms with E-state index in [0.717, 1.165) is 36.6 Å². The van der Waals surface area contributed by atoms with Gasteiger partial charge in [0.15, 0.2) is 11.7 Å². The van der Waals surface area contributed by atoms with Gasteiger partial charge in [-0.3, -0.25) is 10.1 Å². The average Bonchev–Trinajstić information content (AvgIpc) is 3.34. The van der Waals surface area contributed by atoms with Gasteiger partial charge in [-0.1, -0.05) is 26.0 Å². The molecule has 1 aliphatic heterocycles. The SMILES string of the molecule is CC.[NH3+]CC(=O)Nc1nc(-c2cccc(OCC3CCOC3)c2)cs1. The Bertz CT molecular complexity index is 669. The highest BCUT2D eigenvalue weighted by molar-refractivity contribution is 7.14. The molecule has 1 amide bonds. The van der Waals surface area contributed by atoms with E-state index in [2.05, 4.69) is 16.0 Å². The van der Waals surface area contributed by atoms with Crippen LogP contribution in [-0.4, -0.2) is 37.3 Å². The third-order valence-electron chi connectivity index (χ3n) is 3.62. The van der Waals surface area contributed by atoms with Crippen LogP contribution < -0.4 is 15.8 Å². The second-order valence-electron chi connectivity index (χ2n) is 5.40. The number of thiazole rings is 1. The highest BCUT2D eigenvalue weighted by atomic mass is 32.1. The molecule has 6 nitrogen and oxygen atoms in total. The lowest BCUT2D eigenvalue weighted by molar-refractivity contribution is -0.353. The molecule has 1 aromatic heterocycles. The lowest BCUT2D eigenvalue weighted by atomic mass is 10.1. The Kier molecular flexibility index (Phi) is 7.84. The van der Waals surface area contributed by atoms with E-state index in [9.17, 15) is 4.79 Å². The van der Waals surface area contributed by atoms with Gasteiger partial charge in [0.2, 0.25) is 0 Å². The molecule has 0 saturated carbocycles. The van der Waals surface area contributed by atoms with Gasteiger partial charge in [-0.25, -0.2) is 4.98 Å². The van der Waals surface area contributed by atoms with E-state index in [4.69, 9.17) is 9.47 Å². The fraction of sp³-hybridized carbons (Fsp3) is 0.444. The summed E-state index contributed by atoms with van der Waals surface area (Å²) in [6, 6.07) is 7.84. The summed E-state index contributed by atoms with van der Waals surface area (Å²) in [5.41, 5.74) is 5.34. The molecule has 0 spiro atoms. The zero-order chi connectivity index (χ0) is 18.1. The quantitative estimate of drug-likeness (QED) is 0.824. The zero-order valence-corrected chi connectivity index (χ0v) is 15.6. The number of amides is 1. The summed E-state index contributed by atoms with van der Waals surface area (Å²) in [4.78, 5) is 15.8. The van der Waals surface area contributed by atoms with E-state index in [-0.39, 0.29) is 12.5 Å². The van der Waals surface area contributed by atoms with Crippen LogP contribution in [0.2, 0.25) is 0 Å². The fourth-order valence-corrected chi connectivity index (χ4v) is 3.06. The topological polar surface area (TPSA) is 88.1 Å². The number of hydrogen-bond acceptors (Lipinski definition) is 5. The lowest BCUT2D eigenvalue weighted by Gasteiger charge is -2.10. The van der Waals surface area contributed by atoms with E-state index >= 15 is 0 Å². The predicted octanol–water partition coefficient (Wildman–Crippen LogP) is 2.43. The minimum absolute atomic E-state index is 0.137. The first kappa shape index (κ1) is 19.4. The van der Waals surface area contributed by atoms with Crippen molar-refractivity contribution < 1.29 is 20.0 Å². The number of ether oxygens (including phenoxy) is 2. The van der Waals surface area contributed by atoms with Gasteiger partial charge >= 0.3 is 0 Å². The number of hydrogen-bond donors (Lipinski definition) is 2. The molecule has 0 radical (unpaired) electrons. The molecule has 3 rings (SSSR count). The molecule has 4 N–H and O–H groups in total. The third kappa shape index (κ3) is 5.81. The lowest BCUT2D eigenvalue weighted by Crippen LogP contribution is -2.55. The second kappa shape index (κ2) is 10.1. The molecule has 25 heavy (non-hydrogen) atoms. The first-order chi connectivity index (χ1) is 12.2. The predicted molar refractivity (Wildman–Crippen MR) is 99.7 cm³/mol. The Labute approximate surface area is 152 Å². The van der Waals surface area contributed by atoms with Gasteiger partial charge < -0.3 is 15.2 Å². The third-order valence-corrected chi connectivity index (χ3v) is 4.37. The summed E-state index contributed by atoms with van der Waals surface area (Å²) >= 11 is 1.40. The van der Waals surface area contributed by atoms with Crippen LogP contribution >= 0.6 is 11.3 Å². The standard InChI is InChI=1S/C16H19N3O3S.C2H6/c17-7-15(20)19-16-18-14(10-23-16)12-2-1-3-13(6-12)22-9-11-4-5-21-8-11;1-2/h1-3,6,10-11H,4-5,7-9,17H2,(H,18,19,20);1-2H3/p+1. The van der Waals surface area contributed by atoms with Crippen LogP contribution in [-0.2, 0) is 9.53 Å². The maximum atomic E-state index is 11.4. The summed E-state index contributed by atoms with van der Waals surface area (Å²) < 4.78 is 11.2. The van der Waals surface area contributed by atoms with Gasteiger partial charge in [-0.2, -0.15) is 0 Å². The van der Waals surface area contributed by atoms with Crippen molar-refractivity contribution in [2.45, 2.75) is 20.3 Å². The number of carbonyl (C=O) groups excluding carboxylic acids is 1. The van der Waals surface area contributed by atoms with Gasteiger partial charge in [0, 0.05) is 23.5 Å². The summed E-state index contributed by atoms with van der Waals surface area (Å²) in [6.45, 7) is 6.48. The van der Waals surface area contributed by atoms with Gasteiger partial charge in [-0.15, -0.1) is 11.3 Å². The van der Waals surface area contributed by atoms with Gasteiger partial charge in [0.25, 0.3) is 5.91 Å². The summed E-state index contributed by atoms with van der Waals surface area (Å²) in [7, 11) is 0. The number of quaternary nitrogens is 1. The molecule has 1 saturated heterocycles. The average molecular weight is 364 g/mol. The largest absolute Gasteiger partial charge is 0.493 e. The number of carbonyl (C=O) groups is 1. The normalized spacial score (nSPS) is 16.0. The molecule has 1 aliphatic rings. The molecule has 2 aromatic rings. The number of rotatable bonds is 6. The first-order valence-electron chi connectivity index (χ1n) is 8.60. The van der Waals surface area contributed by atoms with Crippen molar-refractivity contribution >= 4 is 22.4 Å². The molecule has 1 atom stereocenters. The minimum Gasteiger partial charge on any atom is -0.493 e. The fourth-order valence-electron chi connectivity index (χ4n) is 2.32. The molecule has 0 bridgehead atoms. The Hall–Kier alpha value is -1.96. The van der Waals surface area contributed by atoms with Crippen molar-refractivity contribution in [3.63, 3.8) is 0 Å². The first-order valence-corrected chi connectivity index (χ1v) is 9.48. The number of aromatic nitrogens is 1. The summed E-state index contributed by atoms with van der Waals surface area (Å²) in [5, 5.41) is 5.22. The Morgan fingerprint density at radius 3 is 3.04 bits per heavy atom. The number of nitrogens with one attached hydrogen (secondary N) is 1. The van der Waals surface area contributed by atoms with Crippen LogP contribution in [0.4, 0.5) is 5.13 Å². The molecular formula is C18H26N3O3S+. The van der Waals surface area contributed by atoms with Crippen molar-refractivity contribution in [3.05, 3.63) is 29.6 Å². The monoisotopic (exact) mass is 364 g/mol. The van der Waals surface area contributed by atoms with E-state index in [0.29, 0.717) is 17.7 Å². The highest BCUT2D eigenvalue weighted by Crippen LogP contribution is 2.28.